The van der Waals surface area contributed by atoms with Crippen molar-refractivity contribution in [1.29, 1.82) is 0 Å². The molecule has 1 aliphatic rings. The molecule has 1 amide bonds. The molecule has 0 bridgehead atoms. The van der Waals surface area contributed by atoms with Crippen molar-refractivity contribution in [2.75, 3.05) is 10.6 Å². The maximum absolute atomic E-state index is 13.6. The van der Waals surface area contributed by atoms with Crippen molar-refractivity contribution in [3.8, 4) is 0 Å². The summed E-state index contributed by atoms with van der Waals surface area (Å²) in [5.74, 6) is -0.384. The van der Waals surface area contributed by atoms with Gasteiger partial charge in [-0.15, -0.1) is 0 Å². The Hall–Kier alpha value is -2.65. The van der Waals surface area contributed by atoms with E-state index in [1.54, 1.807) is 12.1 Å². The molecule has 0 fully saturated rings. The lowest BCUT2D eigenvalue weighted by Crippen LogP contribution is -2.36. The van der Waals surface area contributed by atoms with Gasteiger partial charge in [0.15, 0.2) is 6.04 Å². The van der Waals surface area contributed by atoms with Crippen LogP contribution in [0.5, 0.6) is 0 Å². The van der Waals surface area contributed by atoms with E-state index in [9.17, 15) is 18.0 Å². The minimum Gasteiger partial charge on any atom is -0.467 e. The average molecular weight is 445 g/mol. The van der Waals surface area contributed by atoms with Gasteiger partial charge in [-0.3, -0.25) is 4.79 Å². The number of nitrogens with one attached hydrogen (secondary N) is 2. The Kier molecular flexibility index (Phi) is 4.95. The summed E-state index contributed by atoms with van der Waals surface area (Å²) in [4.78, 5) is 12.7. The van der Waals surface area contributed by atoms with Crippen molar-refractivity contribution >= 4 is 40.6 Å². The topological polar surface area (TPSA) is 72.1 Å². The number of aromatic nitrogens is 2. The quantitative estimate of drug-likeness (QED) is 0.543. The molecule has 4 rings (SSSR count). The molecule has 3 heterocycles. The molecule has 0 unspecified atom stereocenters. The van der Waals surface area contributed by atoms with E-state index in [1.807, 2.05) is 0 Å². The molecular formula is C18H13Cl2F3N4O2. The number of halogens is 5. The summed E-state index contributed by atoms with van der Waals surface area (Å²) in [5.41, 5.74) is 0.216. The molecule has 2 N–H and O–H groups in total. The number of nitrogens with zero attached hydrogens (tertiary/aromatic N) is 2. The van der Waals surface area contributed by atoms with Crippen LogP contribution in [-0.4, -0.2) is 21.9 Å². The largest absolute Gasteiger partial charge is 0.467 e. The molecule has 0 aliphatic carbocycles. The van der Waals surface area contributed by atoms with Crippen molar-refractivity contribution in [1.82, 2.24) is 9.78 Å². The van der Waals surface area contributed by atoms with Crippen molar-refractivity contribution in [3.63, 3.8) is 0 Å². The van der Waals surface area contributed by atoms with Crippen LogP contribution in [0.4, 0.5) is 24.7 Å². The fraction of sp³-hybridized carbons (Fsp3) is 0.222. The summed E-state index contributed by atoms with van der Waals surface area (Å²) in [7, 11) is 0. The number of fused-ring (bicyclic) bond motifs is 1. The summed E-state index contributed by atoms with van der Waals surface area (Å²) in [6.07, 6.45) is -2.41. The number of amides is 1. The minimum absolute atomic E-state index is 0.0532. The first-order valence-corrected chi connectivity index (χ1v) is 9.20. The molecule has 2 atom stereocenters. The fourth-order valence-electron chi connectivity index (χ4n) is 3.19. The van der Waals surface area contributed by atoms with Crippen molar-refractivity contribution in [3.05, 3.63) is 64.2 Å². The van der Waals surface area contributed by atoms with Crippen LogP contribution in [0.3, 0.4) is 0 Å². The molecule has 11 heteroatoms. The van der Waals surface area contributed by atoms with Crippen LogP contribution in [0.1, 0.15) is 34.6 Å². The summed E-state index contributed by atoms with van der Waals surface area (Å²) in [6, 6.07) is 4.95. The van der Waals surface area contributed by atoms with Crippen molar-refractivity contribution < 1.29 is 22.4 Å². The number of furan rings is 1. The molecule has 0 saturated heterocycles. The zero-order valence-electron chi connectivity index (χ0n) is 14.5. The van der Waals surface area contributed by atoms with Crippen LogP contribution in [0.15, 0.2) is 47.2 Å². The number of carbonyl (C=O) groups is 1. The van der Waals surface area contributed by atoms with Gasteiger partial charge in [0, 0.05) is 11.4 Å². The standard InChI is InChI=1S/C18H13Cl2F3N4O2/c19-9-3-4-12(11(20)6-9)26-17(28)10-8-24-27-15(18(21,22)23)7-13(25-16(10)27)14-2-1-5-29-14/h1-6,8,13,15,25H,7H2,(H,26,28)/t13-,15-/m0/s1. The van der Waals surface area contributed by atoms with Crippen LogP contribution < -0.4 is 10.6 Å². The Morgan fingerprint density at radius 1 is 1.31 bits per heavy atom. The molecule has 6 nitrogen and oxygen atoms in total. The number of hydrogen-bond donors (Lipinski definition) is 2. The Morgan fingerprint density at radius 3 is 2.76 bits per heavy atom. The van der Waals surface area contributed by atoms with Gasteiger partial charge >= 0.3 is 6.18 Å². The number of carbonyl (C=O) groups excluding carboxylic acids is 1. The maximum Gasteiger partial charge on any atom is 0.410 e. The van der Waals surface area contributed by atoms with Gasteiger partial charge in [-0.25, -0.2) is 4.68 Å². The molecule has 1 aromatic carbocycles. The van der Waals surface area contributed by atoms with Crippen molar-refractivity contribution in [2.24, 2.45) is 0 Å². The van der Waals surface area contributed by atoms with Crippen LogP contribution in [-0.2, 0) is 0 Å². The van der Waals surface area contributed by atoms with E-state index >= 15 is 0 Å². The molecule has 1 aliphatic heterocycles. The van der Waals surface area contributed by atoms with Gasteiger partial charge in [0.05, 0.1) is 29.2 Å². The Bertz CT molecular complexity index is 1050. The number of hydrogen-bond acceptors (Lipinski definition) is 4. The summed E-state index contributed by atoms with van der Waals surface area (Å²) >= 11 is 11.9. The molecule has 3 aromatic rings. The summed E-state index contributed by atoms with van der Waals surface area (Å²) in [5, 5.41) is 9.88. The third kappa shape index (κ3) is 3.79. The first-order valence-electron chi connectivity index (χ1n) is 8.44. The number of anilines is 2. The van der Waals surface area contributed by atoms with Gasteiger partial charge in [0.25, 0.3) is 5.91 Å². The zero-order valence-corrected chi connectivity index (χ0v) is 16.0. The predicted octanol–water partition coefficient (Wildman–Crippen LogP) is 5.70. The zero-order chi connectivity index (χ0) is 20.8. The highest BCUT2D eigenvalue weighted by Gasteiger charge is 2.47. The van der Waals surface area contributed by atoms with Crippen LogP contribution in [0, 0.1) is 0 Å². The number of alkyl halides is 3. The molecule has 2 aromatic heterocycles. The van der Waals surface area contributed by atoms with E-state index in [0.717, 1.165) is 10.9 Å². The third-order valence-corrected chi connectivity index (χ3v) is 5.10. The molecule has 0 radical (unpaired) electrons. The van der Waals surface area contributed by atoms with E-state index in [4.69, 9.17) is 27.6 Å². The molecule has 0 spiro atoms. The highest BCUT2D eigenvalue weighted by molar-refractivity contribution is 6.36. The monoisotopic (exact) mass is 444 g/mol. The van der Waals surface area contributed by atoms with Crippen molar-refractivity contribution in [2.45, 2.75) is 24.7 Å². The lowest BCUT2D eigenvalue weighted by Gasteiger charge is -2.32. The van der Waals surface area contributed by atoms with Crippen LogP contribution in [0.25, 0.3) is 0 Å². The molecule has 152 valence electrons. The van der Waals surface area contributed by atoms with E-state index in [2.05, 4.69) is 15.7 Å². The Labute approximate surface area is 172 Å². The summed E-state index contributed by atoms with van der Waals surface area (Å²) in [6.45, 7) is 0. The van der Waals surface area contributed by atoms with Gasteiger partial charge in [-0.05, 0) is 30.3 Å². The lowest BCUT2D eigenvalue weighted by molar-refractivity contribution is -0.174. The molecule has 0 saturated carbocycles. The summed E-state index contributed by atoms with van der Waals surface area (Å²) < 4.78 is 46.9. The second-order valence-electron chi connectivity index (χ2n) is 6.44. The van der Waals surface area contributed by atoms with Gasteiger partial charge in [-0.1, -0.05) is 23.2 Å². The average Bonchev–Trinajstić information content (AvgIpc) is 3.31. The van der Waals surface area contributed by atoms with Crippen LogP contribution >= 0.6 is 23.2 Å². The lowest BCUT2D eigenvalue weighted by atomic mass is 10.0. The van der Waals surface area contributed by atoms with E-state index < -0.39 is 24.2 Å². The minimum atomic E-state index is -4.55. The van der Waals surface area contributed by atoms with Crippen LogP contribution in [0.2, 0.25) is 10.0 Å². The normalized spacial score (nSPS) is 18.8. The highest BCUT2D eigenvalue weighted by Crippen LogP contribution is 2.44. The predicted molar refractivity (Wildman–Crippen MR) is 101 cm³/mol. The third-order valence-electron chi connectivity index (χ3n) is 4.55. The molecular weight excluding hydrogens is 432 g/mol. The number of benzene rings is 1. The van der Waals surface area contributed by atoms with E-state index in [-0.39, 0.29) is 28.5 Å². The highest BCUT2D eigenvalue weighted by atomic mass is 35.5. The molecule has 29 heavy (non-hydrogen) atoms. The van der Waals surface area contributed by atoms with Gasteiger partial charge in [0.1, 0.15) is 17.1 Å². The first kappa shape index (κ1) is 19.7. The fourth-order valence-corrected chi connectivity index (χ4v) is 3.64. The number of rotatable bonds is 3. The maximum atomic E-state index is 13.6. The van der Waals surface area contributed by atoms with Gasteiger partial charge in [0.2, 0.25) is 0 Å². The Balaban J connectivity index is 1.69. The SMILES string of the molecule is O=C(Nc1ccc(Cl)cc1Cl)c1cnn2c1N[C@H](c1ccco1)C[C@H]2C(F)(F)F. The van der Waals surface area contributed by atoms with Gasteiger partial charge in [-0.2, -0.15) is 18.3 Å². The Morgan fingerprint density at radius 2 is 2.10 bits per heavy atom. The first-order chi connectivity index (χ1) is 13.7. The van der Waals surface area contributed by atoms with Gasteiger partial charge < -0.3 is 15.1 Å². The van der Waals surface area contributed by atoms with E-state index in [1.165, 1.54) is 24.5 Å². The second-order valence-corrected chi connectivity index (χ2v) is 7.28. The second kappa shape index (κ2) is 7.31. The van der Waals surface area contributed by atoms with E-state index in [0.29, 0.717) is 10.8 Å². The smallest absolute Gasteiger partial charge is 0.410 e.